The molecule has 0 heterocycles. The van der Waals surface area contributed by atoms with Crippen molar-refractivity contribution < 1.29 is 19.4 Å². The monoisotopic (exact) mass is 356 g/mol. The Balaban J connectivity index is 2.19. The molecule has 0 aromatic heterocycles. The molecule has 1 atom stereocenters. The molecule has 1 saturated carbocycles. The van der Waals surface area contributed by atoms with E-state index in [1.165, 1.54) is 12.8 Å². The summed E-state index contributed by atoms with van der Waals surface area (Å²) < 4.78 is 12.3. The van der Waals surface area contributed by atoms with E-state index < -0.39 is 11.9 Å². The highest BCUT2D eigenvalue weighted by Crippen LogP contribution is 2.37. The topological polar surface area (TPSA) is 55.8 Å². The lowest BCUT2D eigenvalue weighted by atomic mass is 10.0. The van der Waals surface area contributed by atoms with Crippen LogP contribution in [0.15, 0.2) is 16.6 Å². The highest BCUT2D eigenvalue weighted by Gasteiger charge is 2.21. The third-order valence-electron chi connectivity index (χ3n) is 3.88. The number of benzene rings is 1. The molecule has 0 spiro atoms. The minimum absolute atomic E-state index is 0.259. The zero-order chi connectivity index (χ0) is 15.4. The van der Waals surface area contributed by atoms with Gasteiger partial charge in [0.1, 0.15) is 0 Å². The minimum atomic E-state index is -0.799. The van der Waals surface area contributed by atoms with Crippen molar-refractivity contribution in [3.05, 3.63) is 22.2 Å². The Morgan fingerprint density at radius 2 is 2.05 bits per heavy atom. The number of methoxy groups -OCH3 is 1. The van der Waals surface area contributed by atoms with E-state index in [2.05, 4.69) is 15.9 Å². The van der Waals surface area contributed by atoms with Crippen molar-refractivity contribution in [3.8, 4) is 11.5 Å². The maximum absolute atomic E-state index is 11.0. The number of carboxylic acid groups (broad SMARTS) is 1. The third-order valence-corrected chi connectivity index (χ3v) is 4.61. The largest absolute Gasteiger partial charge is 0.493 e. The van der Waals surface area contributed by atoms with Gasteiger partial charge in [0.15, 0.2) is 11.5 Å². The summed E-state index contributed by atoms with van der Waals surface area (Å²) in [4.78, 5) is 11.0. The highest BCUT2D eigenvalue weighted by atomic mass is 79.9. The van der Waals surface area contributed by atoms with Gasteiger partial charge in [-0.1, -0.05) is 22.9 Å². The first-order valence-corrected chi connectivity index (χ1v) is 8.06. The lowest BCUT2D eigenvalue weighted by Crippen LogP contribution is -2.14. The van der Waals surface area contributed by atoms with Gasteiger partial charge in [0.2, 0.25) is 0 Å². The molecule has 5 heteroatoms. The zero-order valence-electron chi connectivity index (χ0n) is 12.4. The van der Waals surface area contributed by atoms with E-state index in [0.717, 1.165) is 28.6 Å². The van der Waals surface area contributed by atoms with Crippen molar-refractivity contribution in [1.29, 1.82) is 0 Å². The van der Waals surface area contributed by atoms with E-state index in [0.29, 0.717) is 12.2 Å². The second-order valence-corrected chi connectivity index (χ2v) is 6.42. The Hall–Kier alpha value is -1.23. The number of hydrogen-bond donors (Lipinski definition) is 1. The van der Waals surface area contributed by atoms with Crippen molar-refractivity contribution >= 4 is 21.9 Å². The van der Waals surface area contributed by atoms with Gasteiger partial charge >= 0.3 is 5.97 Å². The number of halogens is 1. The van der Waals surface area contributed by atoms with Gasteiger partial charge in [-0.15, -0.1) is 0 Å². The summed E-state index contributed by atoms with van der Waals surface area (Å²) in [6, 6.07) is 3.76. The number of ether oxygens (including phenoxy) is 2. The first kappa shape index (κ1) is 16.1. The zero-order valence-corrected chi connectivity index (χ0v) is 14.0. The number of hydrogen-bond acceptors (Lipinski definition) is 3. The second-order valence-electron chi connectivity index (χ2n) is 5.56. The molecule has 1 aliphatic rings. The van der Waals surface area contributed by atoms with Crippen LogP contribution in [0, 0.1) is 5.92 Å². The standard InChI is InChI=1S/C16H21BrO4/c1-10(16(18)19)7-11-8-14(20-2)15(9-13(11)17)21-12-5-3-4-6-12/h8-10,12H,3-7H2,1-2H3,(H,18,19). The predicted octanol–water partition coefficient (Wildman–Crippen LogP) is 4.04. The van der Waals surface area contributed by atoms with Crippen molar-refractivity contribution in [3.63, 3.8) is 0 Å². The smallest absolute Gasteiger partial charge is 0.306 e. The fraction of sp³-hybridized carbons (Fsp3) is 0.562. The van der Waals surface area contributed by atoms with Gasteiger partial charge in [0, 0.05) is 4.47 Å². The van der Waals surface area contributed by atoms with Gasteiger partial charge < -0.3 is 14.6 Å². The molecule has 1 unspecified atom stereocenters. The number of rotatable bonds is 6. The molecule has 1 aliphatic carbocycles. The summed E-state index contributed by atoms with van der Waals surface area (Å²) in [5.41, 5.74) is 0.917. The van der Waals surface area contributed by atoms with Crippen molar-refractivity contribution in [2.45, 2.75) is 45.1 Å². The molecular formula is C16H21BrO4. The summed E-state index contributed by atoms with van der Waals surface area (Å²) in [5, 5.41) is 9.03. The van der Waals surface area contributed by atoms with Crippen LogP contribution in [0.2, 0.25) is 0 Å². The van der Waals surface area contributed by atoms with Crippen molar-refractivity contribution in [2.75, 3.05) is 7.11 Å². The average molecular weight is 357 g/mol. The van der Waals surface area contributed by atoms with Crippen LogP contribution in [-0.4, -0.2) is 24.3 Å². The van der Waals surface area contributed by atoms with E-state index in [1.54, 1.807) is 14.0 Å². The molecule has 1 aromatic rings. The van der Waals surface area contributed by atoms with Crippen molar-refractivity contribution in [2.24, 2.45) is 5.92 Å². The maximum atomic E-state index is 11.0. The summed E-state index contributed by atoms with van der Waals surface area (Å²) in [6.07, 6.45) is 5.30. The van der Waals surface area contributed by atoms with Crippen LogP contribution in [0.25, 0.3) is 0 Å². The van der Waals surface area contributed by atoms with Crippen LogP contribution in [0.1, 0.15) is 38.2 Å². The van der Waals surface area contributed by atoms with Gasteiger partial charge in [0.25, 0.3) is 0 Å². The van der Waals surface area contributed by atoms with E-state index in [1.807, 2.05) is 12.1 Å². The Morgan fingerprint density at radius 1 is 1.38 bits per heavy atom. The SMILES string of the molecule is COc1cc(CC(C)C(=O)O)c(Br)cc1OC1CCCC1. The number of carbonyl (C=O) groups is 1. The summed E-state index contributed by atoms with van der Waals surface area (Å²) >= 11 is 3.51. The molecule has 116 valence electrons. The molecular weight excluding hydrogens is 336 g/mol. The molecule has 1 fully saturated rings. The quantitative estimate of drug-likeness (QED) is 0.835. The van der Waals surface area contributed by atoms with E-state index in [9.17, 15) is 4.79 Å². The molecule has 1 N–H and O–H groups in total. The summed E-state index contributed by atoms with van der Waals surface area (Å²) in [5.74, 6) is 0.153. The van der Waals surface area contributed by atoms with E-state index >= 15 is 0 Å². The van der Waals surface area contributed by atoms with E-state index in [4.69, 9.17) is 14.6 Å². The highest BCUT2D eigenvalue weighted by molar-refractivity contribution is 9.10. The fourth-order valence-corrected chi connectivity index (χ4v) is 3.07. The fourth-order valence-electron chi connectivity index (χ4n) is 2.59. The van der Waals surface area contributed by atoms with Gasteiger partial charge in [-0.25, -0.2) is 0 Å². The first-order chi connectivity index (χ1) is 10.0. The van der Waals surface area contributed by atoms with Gasteiger partial charge in [-0.05, 0) is 49.8 Å². The molecule has 0 aliphatic heterocycles. The molecule has 0 saturated heterocycles. The Labute approximate surface area is 133 Å². The lowest BCUT2D eigenvalue weighted by molar-refractivity contribution is -0.141. The van der Waals surface area contributed by atoms with Crippen LogP contribution in [0.4, 0.5) is 0 Å². The Morgan fingerprint density at radius 3 is 2.62 bits per heavy atom. The van der Waals surface area contributed by atoms with Gasteiger partial charge in [-0.2, -0.15) is 0 Å². The molecule has 0 bridgehead atoms. The van der Waals surface area contributed by atoms with Crippen LogP contribution in [-0.2, 0) is 11.2 Å². The average Bonchev–Trinajstić information content (AvgIpc) is 2.94. The van der Waals surface area contributed by atoms with E-state index in [-0.39, 0.29) is 6.10 Å². The maximum Gasteiger partial charge on any atom is 0.306 e. The molecule has 1 aromatic carbocycles. The molecule has 4 nitrogen and oxygen atoms in total. The molecule has 2 rings (SSSR count). The van der Waals surface area contributed by atoms with Gasteiger partial charge in [-0.3, -0.25) is 4.79 Å². The first-order valence-electron chi connectivity index (χ1n) is 7.27. The second kappa shape index (κ2) is 7.16. The Bertz CT molecular complexity index is 509. The molecule has 0 radical (unpaired) electrons. The summed E-state index contributed by atoms with van der Waals surface area (Å²) in [7, 11) is 1.61. The number of aliphatic carboxylic acids is 1. The minimum Gasteiger partial charge on any atom is -0.493 e. The third kappa shape index (κ3) is 4.13. The van der Waals surface area contributed by atoms with Crippen molar-refractivity contribution in [1.82, 2.24) is 0 Å². The van der Waals surface area contributed by atoms with Crippen LogP contribution in [0.3, 0.4) is 0 Å². The lowest BCUT2D eigenvalue weighted by Gasteiger charge is -2.18. The van der Waals surface area contributed by atoms with Crippen LogP contribution >= 0.6 is 15.9 Å². The molecule has 0 amide bonds. The predicted molar refractivity (Wildman–Crippen MR) is 84.1 cm³/mol. The van der Waals surface area contributed by atoms with Crippen LogP contribution < -0.4 is 9.47 Å². The van der Waals surface area contributed by atoms with Gasteiger partial charge in [0.05, 0.1) is 19.1 Å². The normalized spacial score (nSPS) is 16.7. The van der Waals surface area contributed by atoms with Crippen LogP contribution in [0.5, 0.6) is 11.5 Å². The summed E-state index contributed by atoms with van der Waals surface area (Å²) in [6.45, 7) is 1.70. The number of carboxylic acids is 1. The molecule has 21 heavy (non-hydrogen) atoms. The Kier molecular flexibility index (Phi) is 5.51.